The first-order valence-electron chi connectivity index (χ1n) is 10.9. The number of pyridine rings is 2. The molecule has 37 heavy (non-hydrogen) atoms. The van der Waals surface area contributed by atoms with Crippen LogP contribution in [-0.4, -0.2) is 34.3 Å². The van der Waals surface area contributed by atoms with Gasteiger partial charge < -0.3 is 15.6 Å². The summed E-state index contributed by atoms with van der Waals surface area (Å²) in [5.41, 5.74) is 9.30. The van der Waals surface area contributed by atoms with E-state index < -0.39 is 12.1 Å². The lowest BCUT2D eigenvalue weighted by atomic mass is 9.96. The van der Waals surface area contributed by atoms with Crippen molar-refractivity contribution in [2.45, 2.75) is 6.18 Å². The zero-order valence-corrected chi connectivity index (χ0v) is 20.2. The van der Waals surface area contributed by atoms with E-state index in [4.69, 9.17) is 4.98 Å². The summed E-state index contributed by atoms with van der Waals surface area (Å²) in [4.78, 5) is 20.2. The number of fused-ring (bicyclic) bond motifs is 1. The number of esters is 1. The van der Waals surface area contributed by atoms with Gasteiger partial charge in [-0.15, -0.1) is 0 Å². The molecule has 188 valence electrons. The van der Waals surface area contributed by atoms with Gasteiger partial charge >= 0.3 is 12.1 Å². The Morgan fingerprint density at radius 1 is 0.946 bits per heavy atom. The Kier molecular flexibility index (Phi) is 7.51. The Morgan fingerprint density at radius 3 is 2.27 bits per heavy atom. The minimum absolute atomic E-state index is 0.162. The van der Waals surface area contributed by atoms with E-state index in [0.717, 1.165) is 16.7 Å². The number of nitrogens with two attached hydrogens (primary N) is 1. The van der Waals surface area contributed by atoms with Crippen molar-refractivity contribution in [1.82, 2.24) is 9.97 Å². The molecule has 0 saturated heterocycles. The molecule has 0 aliphatic carbocycles. The minimum atomic E-state index is -5.09. The fourth-order valence-electron chi connectivity index (χ4n) is 3.68. The quantitative estimate of drug-likeness (QED) is 0.208. The fourth-order valence-corrected chi connectivity index (χ4v) is 4.33. The molecule has 3 aromatic heterocycles. The normalized spacial score (nSPS) is 11.1. The highest BCUT2D eigenvalue weighted by Gasteiger charge is 2.41. The lowest BCUT2D eigenvalue weighted by molar-refractivity contribution is -0.189. The lowest BCUT2D eigenvalue weighted by Crippen LogP contribution is -2.27. The van der Waals surface area contributed by atoms with Crippen molar-refractivity contribution in [3.05, 3.63) is 83.7 Å². The van der Waals surface area contributed by atoms with Crippen molar-refractivity contribution >= 4 is 28.2 Å². The number of hydrogen-bond donors (Lipinski definition) is 2. The standard InChI is InChI=1S/C26H15F3N2O3S.CH5N/c27-26(28,29)25(33)34-18-8-6-16(7-9-18)22-19(15-4-2-1-3-5-15)12-20-23(31-22)21(13-30-24(20)32)17-10-11-35-14-17;1-2/h1-14H,(H,30,32);2H2,1H3. The number of nitrogens with zero attached hydrogens (tertiary/aromatic N) is 2. The second-order valence-corrected chi connectivity index (χ2v) is 8.35. The third-order valence-corrected chi connectivity index (χ3v) is 6.00. The van der Waals surface area contributed by atoms with Crippen LogP contribution in [0.3, 0.4) is 0 Å². The van der Waals surface area contributed by atoms with E-state index in [1.165, 1.54) is 42.6 Å². The third-order valence-electron chi connectivity index (χ3n) is 5.32. The SMILES string of the molecule is CN.O=C(Oc1ccc(-c2nc3c(-c4ccsc4)cnc(O)c3cc2-c2ccccc2)cc1)C(F)(F)F. The smallest absolute Gasteiger partial charge is 0.491 e. The molecule has 0 aliphatic heterocycles. The van der Waals surface area contributed by atoms with Crippen molar-refractivity contribution < 1.29 is 27.8 Å². The van der Waals surface area contributed by atoms with Gasteiger partial charge in [0.05, 0.1) is 16.6 Å². The van der Waals surface area contributed by atoms with Crippen LogP contribution in [0.4, 0.5) is 13.2 Å². The summed E-state index contributed by atoms with van der Waals surface area (Å²) in [6.07, 6.45) is -3.54. The van der Waals surface area contributed by atoms with Gasteiger partial charge in [0.2, 0.25) is 5.88 Å². The summed E-state index contributed by atoms with van der Waals surface area (Å²) in [7, 11) is 1.50. The van der Waals surface area contributed by atoms with E-state index in [9.17, 15) is 23.1 Å². The first kappa shape index (κ1) is 25.8. The molecule has 0 spiro atoms. The maximum atomic E-state index is 12.5. The van der Waals surface area contributed by atoms with Crippen LogP contribution in [0.15, 0.2) is 83.7 Å². The van der Waals surface area contributed by atoms with E-state index in [2.05, 4.69) is 15.5 Å². The summed E-state index contributed by atoms with van der Waals surface area (Å²) in [6, 6.07) is 18.7. The fraction of sp³-hybridized carbons (Fsp3) is 0.0741. The predicted molar refractivity (Wildman–Crippen MR) is 137 cm³/mol. The van der Waals surface area contributed by atoms with Crippen LogP contribution in [0.25, 0.3) is 44.4 Å². The maximum absolute atomic E-state index is 12.5. The molecular formula is C27H20F3N3O3S. The van der Waals surface area contributed by atoms with E-state index in [1.807, 2.05) is 47.2 Å². The summed E-state index contributed by atoms with van der Waals surface area (Å²) in [6.45, 7) is 0. The molecule has 0 aliphatic rings. The van der Waals surface area contributed by atoms with Crippen LogP contribution in [0.1, 0.15) is 0 Å². The van der Waals surface area contributed by atoms with Gasteiger partial charge in [-0.3, -0.25) is 0 Å². The van der Waals surface area contributed by atoms with Crippen molar-refractivity contribution in [2.75, 3.05) is 7.05 Å². The second kappa shape index (κ2) is 10.8. The molecule has 0 radical (unpaired) electrons. The van der Waals surface area contributed by atoms with Crippen LogP contribution >= 0.6 is 11.3 Å². The first-order chi connectivity index (χ1) is 17.8. The molecule has 5 rings (SSSR count). The van der Waals surface area contributed by atoms with Crippen LogP contribution < -0.4 is 10.5 Å². The van der Waals surface area contributed by atoms with E-state index >= 15 is 0 Å². The monoisotopic (exact) mass is 523 g/mol. The highest BCUT2D eigenvalue weighted by Crippen LogP contribution is 2.39. The van der Waals surface area contributed by atoms with Gasteiger partial charge in [0.15, 0.2) is 0 Å². The van der Waals surface area contributed by atoms with Crippen LogP contribution in [0, 0.1) is 0 Å². The number of benzene rings is 2. The Hall–Kier alpha value is -4.28. The van der Waals surface area contributed by atoms with Gasteiger partial charge in [0.25, 0.3) is 0 Å². The number of aromatic nitrogens is 2. The molecule has 0 unspecified atom stereocenters. The van der Waals surface area contributed by atoms with Gasteiger partial charge in [-0.05, 0) is 65.3 Å². The largest absolute Gasteiger partial charge is 0.493 e. The number of rotatable bonds is 4. The number of thiophene rings is 1. The first-order valence-corrected chi connectivity index (χ1v) is 11.8. The number of ether oxygens (including phenoxy) is 1. The summed E-state index contributed by atoms with van der Waals surface area (Å²) >= 11 is 1.52. The average Bonchev–Trinajstić information content (AvgIpc) is 3.45. The topological polar surface area (TPSA) is 98.3 Å². The Bertz CT molecular complexity index is 1520. The number of carbonyl (C=O) groups is 1. The van der Waals surface area contributed by atoms with E-state index in [1.54, 1.807) is 12.3 Å². The predicted octanol–water partition coefficient (Wildman–Crippen LogP) is 6.44. The summed E-state index contributed by atoms with van der Waals surface area (Å²) < 4.78 is 42.1. The van der Waals surface area contributed by atoms with E-state index in [-0.39, 0.29) is 11.6 Å². The summed E-state index contributed by atoms with van der Waals surface area (Å²) in [5.74, 6) is -2.69. The number of halogens is 3. The Balaban J connectivity index is 0.00000156. The van der Waals surface area contributed by atoms with Gasteiger partial charge in [0, 0.05) is 22.9 Å². The Labute approximate surface area is 213 Å². The molecular weight excluding hydrogens is 503 g/mol. The molecule has 0 atom stereocenters. The summed E-state index contributed by atoms with van der Waals surface area (Å²) in [5, 5.41) is 14.9. The van der Waals surface area contributed by atoms with Gasteiger partial charge in [-0.25, -0.2) is 14.8 Å². The van der Waals surface area contributed by atoms with Crippen molar-refractivity contribution in [3.8, 4) is 45.1 Å². The zero-order chi connectivity index (χ0) is 26.6. The molecule has 0 fully saturated rings. The van der Waals surface area contributed by atoms with Crippen LogP contribution in [0.2, 0.25) is 0 Å². The number of carbonyl (C=O) groups excluding carboxylic acids is 1. The molecule has 10 heteroatoms. The highest BCUT2D eigenvalue weighted by molar-refractivity contribution is 7.08. The van der Waals surface area contributed by atoms with E-state index in [0.29, 0.717) is 27.7 Å². The van der Waals surface area contributed by atoms with Crippen molar-refractivity contribution in [2.24, 2.45) is 5.73 Å². The molecule has 6 nitrogen and oxygen atoms in total. The maximum Gasteiger partial charge on any atom is 0.491 e. The molecule has 0 bridgehead atoms. The lowest BCUT2D eigenvalue weighted by Gasteiger charge is -2.14. The zero-order valence-electron chi connectivity index (χ0n) is 19.4. The van der Waals surface area contributed by atoms with Gasteiger partial charge in [-0.1, -0.05) is 30.3 Å². The molecule has 0 amide bonds. The minimum Gasteiger partial charge on any atom is -0.493 e. The van der Waals surface area contributed by atoms with Crippen LogP contribution in [0.5, 0.6) is 11.6 Å². The highest BCUT2D eigenvalue weighted by atomic mass is 32.1. The number of alkyl halides is 3. The van der Waals surface area contributed by atoms with Gasteiger partial charge in [0.1, 0.15) is 5.75 Å². The molecule has 0 saturated carbocycles. The van der Waals surface area contributed by atoms with Crippen LogP contribution in [-0.2, 0) is 4.79 Å². The molecule has 5 aromatic rings. The number of hydrogen-bond acceptors (Lipinski definition) is 7. The number of aromatic hydroxyl groups is 1. The molecule has 3 heterocycles. The van der Waals surface area contributed by atoms with Gasteiger partial charge in [-0.2, -0.15) is 24.5 Å². The Morgan fingerprint density at radius 2 is 1.65 bits per heavy atom. The molecule has 3 N–H and O–H groups in total. The van der Waals surface area contributed by atoms with Crippen molar-refractivity contribution in [3.63, 3.8) is 0 Å². The second-order valence-electron chi connectivity index (χ2n) is 7.57. The molecule has 2 aromatic carbocycles. The average molecular weight is 524 g/mol. The third kappa shape index (κ3) is 5.45. The van der Waals surface area contributed by atoms with Crippen molar-refractivity contribution in [1.29, 1.82) is 0 Å².